The zero-order valence-electron chi connectivity index (χ0n) is 18.2. The van der Waals surface area contributed by atoms with Gasteiger partial charge in [-0.2, -0.15) is 0 Å². The molecule has 0 aliphatic rings. The number of benzene rings is 1. The number of esters is 1. The van der Waals surface area contributed by atoms with Crippen molar-refractivity contribution in [1.82, 2.24) is 0 Å². The molecule has 0 unspecified atom stereocenters. The molecule has 0 amide bonds. The van der Waals surface area contributed by atoms with E-state index in [2.05, 4.69) is 33.9 Å². The summed E-state index contributed by atoms with van der Waals surface area (Å²) in [5.41, 5.74) is 1.19. The normalized spacial score (nSPS) is 12.2. The predicted octanol–water partition coefficient (Wildman–Crippen LogP) is 6.52. The van der Waals surface area contributed by atoms with Crippen LogP contribution in [0.3, 0.4) is 0 Å². The molecule has 0 atom stereocenters. The Balaban J connectivity index is 1.92. The van der Waals surface area contributed by atoms with Gasteiger partial charge in [-0.3, -0.25) is 4.79 Å². The first-order valence-corrected chi connectivity index (χ1v) is 13.5. The highest BCUT2D eigenvalue weighted by atomic mass is 28.4. The molecular formula is C23H40O3Si. The highest BCUT2D eigenvalue weighted by molar-refractivity contribution is 6.74. The van der Waals surface area contributed by atoms with Gasteiger partial charge in [0.05, 0.1) is 6.61 Å². The first-order valence-electron chi connectivity index (χ1n) is 10.6. The second-order valence-electron chi connectivity index (χ2n) is 8.94. The molecule has 4 heteroatoms. The molecule has 0 fully saturated rings. The number of unbranched alkanes of at least 4 members (excludes halogenated alkanes) is 5. The van der Waals surface area contributed by atoms with Crippen molar-refractivity contribution in [2.24, 2.45) is 0 Å². The number of rotatable bonds is 13. The molecule has 154 valence electrons. The Bertz CT molecular complexity index is 520. The largest absolute Gasteiger partial charge is 0.466 e. The fourth-order valence-corrected chi connectivity index (χ4v) is 3.69. The molecule has 0 saturated heterocycles. The van der Waals surface area contributed by atoms with Gasteiger partial charge in [0.25, 0.3) is 0 Å². The lowest BCUT2D eigenvalue weighted by molar-refractivity contribution is -0.143. The number of aryl methyl sites for hydroxylation is 1. The highest BCUT2D eigenvalue weighted by Gasteiger charge is 2.36. The summed E-state index contributed by atoms with van der Waals surface area (Å²) in [6.07, 6.45) is 8.17. The monoisotopic (exact) mass is 392 g/mol. The van der Waals surface area contributed by atoms with Crippen LogP contribution in [0.5, 0.6) is 0 Å². The lowest BCUT2D eigenvalue weighted by Gasteiger charge is -2.36. The molecule has 0 aliphatic carbocycles. The Morgan fingerprint density at radius 3 is 2.04 bits per heavy atom. The van der Waals surface area contributed by atoms with Crippen LogP contribution in [0.4, 0.5) is 0 Å². The fourth-order valence-electron chi connectivity index (χ4n) is 2.60. The maximum Gasteiger partial charge on any atom is 0.306 e. The molecular weight excluding hydrogens is 352 g/mol. The first kappa shape index (κ1) is 23.9. The summed E-state index contributed by atoms with van der Waals surface area (Å²) in [7, 11) is -1.58. The molecule has 0 N–H and O–H groups in total. The summed E-state index contributed by atoms with van der Waals surface area (Å²) < 4.78 is 11.5. The summed E-state index contributed by atoms with van der Waals surface area (Å²) in [6, 6.07) is 10.1. The summed E-state index contributed by atoms with van der Waals surface area (Å²) in [4.78, 5) is 11.7. The third-order valence-corrected chi connectivity index (χ3v) is 10.1. The van der Waals surface area contributed by atoms with E-state index in [0.29, 0.717) is 18.1 Å². The van der Waals surface area contributed by atoms with Crippen LogP contribution in [-0.4, -0.2) is 27.5 Å². The van der Waals surface area contributed by atoms with Gasteiger partial charge in [-0.15, -0.1) is 0 Å². The van der Waals surface area contributed by atoms with Crippen molar-refractivity contribution < 1.29 is 14.0 Å². The van der Waals surface area contributed by atoms with E-state index < -0.39 is 8.32 Å². The third kappa shape index (κ3) is 10.7. The number of ether oxygens (including phenoxy) is 1. The lowest BCUT2D eigenvalue weighted by Crippen LogP contribution is -2.40. The van der Waals surface area contributed by atoms with Crippen LogP contribution in [0.1, 0.15) is 71.3 Å². The quantitative estimate of drug-likeness (QED) is 0.218. The first-order chi connectivity index (χ1) is 12.7. The van der Waals surface area contributed by atoms with Gasteiger partial charge in [0.15, 0.2) is 8.32 Å². The van der Waals surface area contributed by atoms with E-state index in [9.17, 15) is 4.79 Å². The van der Waals surface area contributed by atoms with Crippen LogP contribution < -0.4 is 0 Å². The maximum atomic E-state index is 11.7. The van der Waals surface area contributed by atoms with Crippen LogP contribution in [0.15, 0.2) is 30.3 Å². The number of hydrogen-bond donors (Lipinski definition) is 0. The van der Waals surface area contributed by atoms with Crippen molar-refractivity contribution in [3.63, 3.8) is 0 Å². The summed E-state index contributed by atoms with van der Waals surface area (Å²) in [5.74, 6) is -0.0818. The maximum absolute atomic E-state index is 11.7. The molecule has 0 radical (unpaired) electrons. The average Bonchev–Trinajstić information content (AvgIpc) is 2.61. The van der Waals surface area contributed by atoms with Crippen molar-refractivity contribution in [2.45, 2.75) is 90.3 Å². The Labute approximate surface area is 168 Å². The molecule has 0 saturated carbocycles. The van der Waals surface area contributed by atoms with E-state index in [1.807, 2.05) is 30.3 Å². The number of hydrogen-bond acceptors (Lipinski definition) is 3. The summed E-state index contributed by atoms with van der Waals surface area (Å²) in [6.45, 7) is 12.9. The van der Waals surface area contributed by atoms with Gasteiger partial charge in [-0.25, -0.2) is 0 Å². The minimum atomic E-state index is -1.58. The van der Waals surface area contributed by atoms with E-state index in [-0.39, 0.29) is 5.97 Å². The van der Waals surface area contributed by atoms with Crippen LogP contribution in [0.2, 0.25) is 18.1 Å². The van der Waals surface area contributed by atoms with Gasteiger partial charge in [-0.1, -0.05) is 76.8 Å². The van der Waals surface area contributed by atoms with Gasteiger partial charge in [0.1, 0.15) is 0 Å². The van der Waals surface area contributed by atoms with Crippen LogP contribution >= 0.6 is 0 Å². The van der Waals surface area contributed by atoms with Crippen LogP contribution in [0, 0.1) is 0 Å². The van der Waals surface area contributed by atoms with Gasteiger partial charge in [0.2, 0.25) is 0 Å². The molecule has 0 bridgehead atoms. The smallest absolute Gasteiger partial charge is 0.306 e. The highest BCUT2D eigenvalue weighted by Crippen LogP contribution is 2.36. The zero-order chi connectivity index (χ0) is 20.2. The van der Waals surface area contributed by atoms with Crippen molar-refractivity contribution in [3.8, 4) is 0 Å². The van der Waals surface area contributed by atoms with Crippen molar-refractivity contribution in [3.05, 3.63) is 35.9 Å². The molecule has 0 spiro atoms. The molecule has 0 aliphatic heterocycles. The molecule has 0 aromatic heterocycles. The molecule has 1 rings (SSSR count). The molecule has 1 aromatic rings. The molecule has 0 heterocycles. The Morgan fingerprint density at radius 2 is 1.44 bits per heavy atom. The molecule has 27 heavy (non-hydrogen) atoms. The van der Waals surface area contributed by atoms with Gasteiger partial charge < -0.3 is 9.16 Å². The zero-order valence-corrected chi connectivity index (χ0v) is 19.2. The minimum Gasteiger partial charge on any atom is -0.466 e. The van der Waals surface area contributed by atoms with Crippen molar-refractivity contribution in [2.75, 3.05) is 13.2 Å². The summed E-state index contributed by atoms with van der Waals surface area (Å²) in [5, 5.41) is 0.297. The Kier molecular flexibility index (Phi) is 10.9. The predicted molar refractivity (Wildman–Crippen MR) is 117 cm³/mol. The number of carbonyl (C=O) groups is 1. The van der Waals surface area contributed by atoms with Crippen molar-refractivity contribution in [1.29, 1.82) is 0 Å². The Morgan fingerprint density at radius 1 is 0.889 bits per heavy atom. The van der Waals surface area contributed by atoms with Crippen LogP contribution in [0.25, 0.3) is 0 Å². The van der Waals surface area contributed by atoms with E-state index in [1.54, 1.807) is 0 Å². The SMILES string of the molecule is CC(C)(C)[Si](C)(C)OCCCCCCCCOC(=O)CCc1ccccc1. The van der Waals surface area contributed by atoms with Gasteiger partial charge in [-0.05, 0) is 43.0 Å². The lowest BCUT2D eigenvalue weighted by atomic mass is 10.1. The summed E-state index contributed by atoms with van der Waals surface area (Å²) >= 11 is 0. The van der Waals surface area contributed by atoms with E-state index in [1.165, 1.54) is 24.8 Å². The van der Waals surface area contributed by atoms with Gasteiger partial charge >= 0.3 is 5.97 Å². The third-order valence-electron chi connectivity index (χ3n) is 5.53. The molecule has 3 nitrogen and oxygen atoms in total. The molecule has 1 aromatic carbocycles. The number of carbonyl (C=O) groups excluding carboxylic acids is 1. The minimum absolute atomic E-state index is 0.0818. The second-order valence-corrected chi connectivity index (χ2v) is 13.7. The average molecular weight is 393 g/mol. The standard InChI is InChI=1S/C23H40O3Si/c1-23(2,3)27(4,5)26-20-14-9-7-6-8-13-19-25-22(24)18-17-21-15-11-10-12-16-21/h10-12,15-16H,6-9,13-14,17-20H2,1-5H3. The van der Waals surface area contributed by atoms with Crippen LogP contribution in [-0.2, 0) is 20.4 Å². The van der Waals surface area contributed by atoms with Crippen molar-refractivity contribution >= 4 is 14.3 Å². The fraction of sp³-hybridized carbons (Fsp3) is 0.696. The van der Waals surface area contributed by atoms with E-state index in [0.717, 1.165) is 32.3 Å². The Hall–Kier alpha value is -1.13. The second kappa shape index (κ2) is 12.3. The van der Waals surface area contributed by atoms with E-state index >= 15 is 0 Å². The topological polar surface area (TPSA) is 35.5 Å². The van der Waals surface area contributed by atoms with Gasteiger partial charge in [0, 0.05) is 13.0 Å². The van der Waals surface area contributed by atoms with E-state index in [4.69, 9.17) is 9.16 Å².